The molecule has 0 spiro atoms. The summed E-state index contributed by atoms with van der Waals surface area (Å²) in [5.41, 5.74) is 2.96. The van der Waals surface area contributed by atoms with Crippen LogP contribution in [0.2, 0.25) is 0 Å². The Morgan fingerprint density at radius 1 is 0.900 bits per heavy atom. The quantitative estimate of drug-likeness (QED) is 0.823. The number of piperidine rings is 1. The van der Waals surface area contributed by atoms with Crippen molar-refractivity contribution in [1.29, 1.82) is 0 Å². The second-order valence-corrected chi connectivity index (χ2v) is 7.94. The molecule has 3 aliphatic rings. The van der Waals surface area contributed by atoms with Gasteiger partial charge in [-0.3, -0.25) is 4.90 Å². The van der Waals surface area contributed by atoms with Gasteiger partial charge in [0.15, 0.2) is 23.0 Å². The topological polar surface area (TPSA) is 69.6 Å². The minimum atomic E-state index is -0.562. The van der Waals surface area contributed by atoms with Crippen molar-refractivity contribution in [2.75, 3.05) is 34.7 Å². The molecule has 0 radical (unpaired) electrons. The van der Waals surface area contributed by atoms with E-state index in [2.05, 4.69) is 4.90 Å². The van der Waals surface area contributed by atoms with Gasteiger partial charge in [0.2, 0.25) is 12.5 Å². The smallest absolute Gasteiger partial charge is 0.231 e. The van der Waals surface area contributed by atoms with E-state index in [1.165, 1.54) is 0 Å². The van der Waals surface area contributed by atoms with E-state index in [0.717, 1.165) is 42.5 Å². The zero-order valence-electron chi connectivity index (χ0n) is 17.5. The minimum absolute atomic E-state index is 0.0516. The zero-order chi connectivity index (χ0) is 20.8. The van der Waals surface area contributed by atoms with Gasteiger partial charge in [0, 0.05) is 6.04 Å². The highest BCUT2D eigenvalue weighted by Gasteiger charge is 2.43. The summed E-state index contributed by atoms with van der Waals surface area (Å²) in [6.07, 6.45) is 2.60. The fraction of sp³-hybridized carbons (Fsp3) is 0.478. The first-order valence-corrected chi connectivity index (χ1v) is 10.3. The SMILES string of the molecule is COc1cc([C@H]2c3cc4c(cc3[C@@H](O)[C@H]3CCCCN23)OCO4)cc(OC)c1OC. The summed E-state index contributed by atoms with van der Waals surface area (Å²) in [4.78, 5) is 2.40. The van der Waals surface area contributed by atoms with Gasteiger partial charge in [0.05, 0.1) is 33.5 Å². The number of benzene rings is 2. The van der Waals surface area contributed by atoms with Crippen LogP contribution in [0.1, 0.15) is 48.1 Å². The van der Waals surface area contributed by atoms with Crippen molar-refractivity contribution in [2.24, 2.45) is 0 Å². The van der Waals surface area contributed by atoms with Crippen molar-refractivity contribution >= 4 is 0 Å². The van der Waals surface area contributed by atoms with E-state index < -0.39 is 6.10 Å². The molecule has 1 N–H and O–H groups in total. The lowest BCUT2D eigenvalue weighted by Gasteiger charge is -2.48. The normalized spacial score (nSPS) is 24.7. The fourth-order valence-corrected chi connectivity index (χ4v) is 5.12. The Bertz CT molecular complexity index is 936. The van der Waals surface area contributed by atoms with E-state index in [9.17, 15) is 5.11 Å². The average Bonchev–Trinajstić information content (AvgIpc) is 3.25. The van der Waals surface area contributed by atoms with E-state index >= 15 is 0 Å². The maximum Gasteiger partial charge on any atom is 0.231 e. The van der Waals surface area contributed by atoms with Gasteiger partial charge in [-0.05, 0) is 60.3 Å². The number of aliphatic hydroxyl groups is 1. The van der Waals surface area contributed by atoms with E-state index in [1.807, 2.05) is 24.3 Å². The predicted molar refractivity (Wildman–Crippen MR) is 110 cm³/mol. The second-order valence-electron chi connectivity index (χ2n) is 7.94. The summed E-state index contributed by atoms with van der Waals surface area (Å²) in [5.74, 6) is 3.22. The molecule has 5 rings (SSSR count). The van der Waals surface area contributed by atoms with Crippen LogP contribution in [0.4, 0.5) is 0 Å². The van der Waals surface area contributed by atoms with Gasteiger partial charge in [-0.1, -0.05) is 6.42 Å². The minimum Gasteiger partial charge on any atom is -0.493 e. The Kier molecular flexibility index (Phi) is 4.87. The number of aliphatic hydroxyl groups excluding tert-OH is 1. The molecular weight excluding hydrogens is 386 g/mol. The van der Waals surface area contributed by atoms with Crippen LogP contribution in [0.15, 0.2) is 24.3 Å². The Balaban J connectivity index is 1.71. The fourth-order valence-electron chi connectivity index (χ4n) is 5.12. The van der Waals surface area contributed by atoms with E-state index in [0.29, 0.717) is 28.7 Å². The average molecular weight is 413 g/mol. The molecule has 0 bridgehead atoms. The standard InChI is InChI=1S/C23H27NO6/c1-26-19-8-13(9-20(27-2)23(19)28-3)21-14-10-17-18(30-12-29-17)11-15(14)22(25)16-6-4-5-7-24(16)21/h8-11,16,21-22,25H,4-7,12H2,1-3H3/t16-,21+,22-/m1/s1. The van der Waals surface area contributed by atoms with E-state index in [1.54, 1.807) is 21.3 Å². The Morgan fingerprint density at radius 3 is 2.20 bits per heavy atom. The summed E-state index contributed by atoms with van der Waals surface area (Å²) >= 11 is 0. The maximum absolute atomic E-state index is 11.2. The van der Waals surface area contributed by atoms with Gasteiger partial charge < -0.3 is 28.8 Å². The molecule has 2 aromatic rings. The number of hydrogen-bond donors (Lipinski definition) is 1. The molecule has 3 heterocycles. The van der Waals surface area contributed by atoms with Gasteiger partial charge in [-0.15, -0.1) is 0 Å². The lowest BCUT2D eigenvalue weighted by atomic mass is 9.79. The lowest BCUT2D eigenvalue weighted by Crippen LogP contribution is -2.49. The molecule has 7 nitrogen and oxygen atoms in total. The summed E-state index contributed by atoms with van der Waals surface area (Å²) in [6, 6.07) is 7.96. The van der Waals surface area contributed by atoms with Gasteiger partial charge in [0.25, 0.3) is 0 Å². The monoisotopic (exact) mass is 413 g/mol. The van der Waals surface area contributed by atoms with Crippen molar-refractivity contribution in [3.05, 3.63) is 41.0 Å². The van der Waals surface area contributed by atoms with E-state index in [-0.39, 0.29) is 18.9 Å². The molecule has 3 aliphatic heterocycles. The highest BCUT2D eigenvalue weighted by molar-refractivity contribution is 5.58. The van der Waals surface area contributed by atoms with Crippen LogP contribution in [-0.4, -0.2) is 50.7 Å². The molecule has 0 amide bonds. The third-order valence-electron chi connectivity index (χ3n) is 6.48. The molecule has 7 heteroatoms. The molecule has 30 heavy (non-hydrogen) atoms. The van der Waals surface area contributed by atoms with Crippen molar-refractivity contribution in [3.8, 4) is 28.7 Å². The summed E-state index contributed by atoms with van der Waals surface area (Å²) in [7, 11) is 4.86. The second kappa shape index (κ2) is 7.56. The van der Waals surface area contributed by atoms with Crippen LogP contribution in [0.25, 0.3) is 0 Å². The van der Waals surface area contributed by atoms with Crippen LogP contribution in [-0.2, 0) is 0 Å². The zero-order valence-corrected chi connectivity index (χ0v) is 17.5. The molecule has 0 unspecified atom stereocenters. The molecule has 2 aromatic carbocycles. The van der Waals surface area contributed by atoms with Crippen LogP contribution in [0.3, 0.4) is 0 Å². The first kappa shape index (κ1) is 19.3. The first-order chi connectivity index (χ1) is 14.7. The summed E-state index contributed by atoms with van der Waals surface area (Å²) < 4.78 is 28.0. The highest BCUT2D eigenvalue weighted by atomic mass is 16.7. The number of hydrogen-bond acceptors (Lipinski definition) is 7. The molecule has 3 atom stereocenters. The van der Waals surface area contributed by atoms with Crippen LogP contribution < -0.4 is 23.7 Å². The number of fused-ring (bicyclic) bond motifs is 3. The Morgan fingerprint density at radius 2 is 1.57 bits per heavy atom. The molecular formula is C23H27NO6. The van der Waals surface area contributed by atoms with Crippen molar-refractivity contribution in [1.82, 2.24) is 4.90 Å². The number of methoxy groups -OCH3 is 3. The molecule has 1 fully saturated rings. The van der Waals surface area contributed by atoms with Gasteiger partial charge in [0.1, 0.15) is 0 Å². The van der Waals surface area contributed by atoms with Crippen LogP contribution in [0, 0.1) is 0 Å². The molecule has 1 saturated heterocycles. The molecule has 160 valence electrons. The van der Waals surface area contributed by atoms with Crippen molar-refractivity contribution in [2.45, 2.75) is 37.5 Å². The summed E-state index contributed by atoms with van der Waals surface area (Å²) in [6.45, 7) is 1.12. The largest absolute Gasteiger partial charge is 0.493 e. The first-order valence-electron chi connectivity index (χ1n) is 10.3. The third kappa shape index (κ3) is 2.87. The van der Waals surface area contributed by atoms with E-state index in [4.69, 9.17) is 23.7 Å². The van der Waals surface area contributed by atoms with Crippen LogP contribution >= 0.6 is 0 Å². The highest BCUT2D eigenvalue weighted by Crippen LogP contribution is 2.51. The predicted octanol–water partition coefficient (Wildman–Crippen LogP) is 3.43. The third-order valence-corrected chi connectivity index (χ3v) is 6.48. The van der Waals surface area contributed by atoms with Gasteiger partial charge in [-0.2, -0.15) is 0 Å². The molecule has 0 aliphatic carbocycles. The van der Waals surface area contributed by atoms with Crippen molar-refractivity contribution < 1.29 is 28.8 Å². The lowest BCUT2D eigenvalue weighted by molar-refractivity contribution is -0.00786. The number of rotatable bonds is 4. The van der Waals surface area contributed by atoms with Crippen LogP contribution in [0.5, 0.6) is 28.7 Å². The number of nitrogens with zero attached hydrogens (tertiary/aromatic N) is 1. The van der Waals surface area contributed by atoms with Gasteiger partial charge in [-0.25, -0.2) is 0 Å². The Labute approximate surface area is 176 Å². The van der Waals surface area contributed by atoms with Crippen molar-refractivity contribution in [3.63, 3.8) is 0 Å². The Hall–Kier alpha value is -2.64. The molecule has 0 saturated carbocycles. The maximum atomic E-state index is 11.2. The number of ether oxygens (including phenoxy) is 5. The van der Waals surface area contributed by atoms with Gasteiger partial charge >= 0.3 is 0 Å². The molecule has 0 aromatic heterocycles. The summed E-state index contributed by atoms with van der Waals surface area (Å²) in [5, 5.41) is 11.2.